The Morgan fingerprint density at radius 3 is 2.62 bits per heavy atom. The number of carbonyl (C=O) groups is 1. The molecule has 5 heteroatoms. The van der Waals surface area contributed by atoms with Gasteiger partial charge in [-0.15, -0.1) is 0 Å². The number of nitrogens with zero attached hydrogens (tertiary/aromatic N) is 1. The van der Waals surface area contributed by atoms with Crippen molar-refractivity contribution in [2.24, 2.45) is 5.10 Å². The Morgan fingerprint density at radius 1 is 1.08 bits per heavy atom. The number of hydrazone groups is 1. The highest BCUT2D eigenvalue weighted by molar-refractivity contribution is 6.31. The summed E-state index contributed by atoms with van der Waals surface area (Å²) in [7, 11) is 0. The lowest BCUT2D eigenvalue weighted by molar-refractivity contribution is -0.123. The molecule has 0 atom stereocenters. The summed E-state index contributed by atoms with van der Waals surface area (Å²) in [5.41, 5.74) is 5.11. The van der Waals surface area contributed by atoms with Gasteiger partial charge in [0.05, 0.1) is 5.71 Å². The molecule has 0 unspecified atom stereocenters. The fourth-order valence-electron chi connectivity index (χ4n) is 2.51. The lowest BCUT2D eigenvalue weighted by atomic mass is 10.0. The Morgan fingerprint density at radius 2 is 1.85 bits per heavy atom. The van der Waals surface area contributed by atoms with Crippen LogP contribution in [0.25, 0.3) is 10.8 Å². The third-order valence-corrected chi connectivity index (χ3v) is 4.44. The van der Waals surface area contributed by atoms with Gasteiger partial charge < -0.3 is 4.74 Å². The predicted molar refractivity (Wildman–Crippen MR) is 106 cm³/mol. The van der Waals surface area contributed by atoms with Crippen LogP contribution in [0.4, 0.5) is 0 Å². The van der Waals surface area contributed by atoms with Crippen LogP contribution in [0.1, 0.15) is 18.1 Å². The molecular formula is C21H19ClN2O2. The number of ether oxygens (including phenoxy) is 1. The van der Waals surface area contributed by atoms with Crippen molar-refractivity contribution in [3.63, 3.8) is 0 Å². The van der Waals surface area contributed by atoms with Gasteiger partial charge in [0.1, 0.15) is 5.75 Å². The van der Waals surface area contributed by atoms with E-state index < -0.39 is 0 Å². The summed E-state index contributed by atoms with van der Waals surface area (Å²) in [6.45, 7) is 3.62. The summed E-state index contributed by atoms with van der Waals surface area (Å²) in [4.78, 5) is 11.9. The first-order valence-corrected chi connectivity index (χ1v) is 8.62. The van der Waals surface area contributed by atoms with Crippen LogP contribution in [-0.4, -0.2) is 18.2 Å². The molecule has 0 aliphatic rings. The monoisotopic (exact) mass is 366 g/mol. The van der Waals surface area contributed by atoms with Gasteiger partial charge in [0, 0.05) is 5.02 Å². The molecule has 0 aliphatic carbocycles. The molecule has 26 heavy (non-hydrogen) atoms. The van der Waals surface area contributed by atoms with E-state index in [0.29, 0.717) is 10.8 Å². The van der Waals surface area contributed by atoms with E-state index in [0.717, 1.165) is 22.2 Å². The highest BCUT2D eigenvalue weighted by atomic mass is 35.5. The third-order valence-electron chi connectivity index (χ3n) is 4.01. The molecule has 1 N–H and O–H groups in total. The van der Waals surface area contributed by atoms with Gasteiger partial charge in [-0.05, 0) is 60.0 Å². The molecule has 0 spiro atoms. The maximum atomic E-state index is 11.9. The van der Waals surface area contributed by atoms with Crippen molar-refractivity contribution in [1.29, 1.82) is 0 Å². The minimum absolute atomic E-state index is 0.116. The SMILES string of the molecule is CC(=NNC(=O)COc1ccc(Cl)c(C)c1)c1ccc2ccccc2c1. The highest BCUT2D eigenvalue weighted by Gasteiger charge is 2.05. The first kappa shape index (κ1) is 18.0. The smallest absolute Gasteiger partial charge is 0.277 e. The van der Waals surface area contributed by atoms with E-state index in [1.54, 1.807) is 18.2 Å². The molecule has 3 rings (SSSR count). The van der Waals surface area contributed by atoms with Crippen molar-refractivity contribution in [3.05, 3.63) is 76.8 Å². The molecule has 0 heterocycles. The van der Waals surface area contributed by atoms with Crippen LogP contribution in [0.3, 0.4) is 0 Å². The van der Waals surface area contributed by atoms with Crippen molar-refractivity contribution in [1.82, 2.24) is 5.43 Å². The molecule has 0 aliphatic heterocycles. The van der Waals surface area contributed by atoms with Crippen LogP contribution in [-0.2, 0) is 4.79 Å². The van der Waals surface area contributed by atoms with E-state index in [1.807, 2.05) is 50.2 Å². The minimum Gasteiger partial charge on any atom is -0.484 e. The number of amides is 1. The second-order valence-corrected chi connectivity index (χ2v) is 6.40. The van der Waals surface area contributed by atoms with Crippen LogP contribution < -0.4 is 10.2 Å². The first-order chi connectivity index (χ1) is 12.5. The summed E-state index contributed by atoms with van der Waals surface area (Å²) in [6.07, 6.45) is 0. The Labute approximate surface area is 157 Å². The average molecular weight is 367 g/mol. The topological polar surface area (TPSA) is 50.7 Å². The van der Waals surface area contributed by atoms with Gasteiger partial charge in [-0.2, -0.15) is 5.10 Å². The highest BCUT2D eigenvalue weighted by Crippen LogP contribution is 2.21. The Hall–Kier alpha value is -2.85. The standard InChI is InChI=1S/C21H19ClN2O2/c1-14-11-19(9-10-20(14)22)26-13-21(25)24-23-15(2)17-8-7-16-5-3-4-6-18(16)12-17/h3-12H,13H2,1-2H3,(H,24,25). The normalized spacial score (nSPS) is 11.4. The summed E-state index contributed by atoms with van der Waals surface area (Å²) in [5, 5.41) is 7.12. The number of aryl methyl sites for hydroxylation is 1. The van der Waals surface area contributed by atoms with Crippen molar-refractivity contribution in [2.45, 2.75) is 13.8 Å². The zero-order valence-electron chi connectivity index (χ0n) is 14.6. The van der Waals surface area contributed by atoms with E-state index in [2.05, 4.69) is 16.6 Å². The first-order valence-electron chi connectivity index (χ1n) is 8.24. The number of hydrogen-bond donors (Lipinski definition) is 1. The van der Waals surface area contributed by atoms with Crippen molar-refractivity contribution >= 4 is 34.0 Å². The molecular weight excluding hydrogens is 348 g/mol. The molecule has 0 saturated carbocycles. The molecule has 4 nitrogen and oxygen atoms in total. The van der Waals surface area contributed by atoms with Gasteiger partial charge in [-0.1, -0.05) is 48.0 Å². The van der Waals surface area contributed by atoms with Crippen molar-refractivity contribution < 1.29 is 9.53 Å². The third kappa shape index (κ3) is 4.41. The van der Waals surface area contributed by atoms with E-state index >= 15 is 0 Å². The number of halogens is 1. The van der Waals surface area contributed by atoms with Gasteiger partial charge in [-0.25, -0.2) is 5.43 Å². The summed E-state index contributed by atoms with van der Waals surface area (Å²) in [5.74, 6) is 0.273. The Kier molecular flexibility index (Phi) is 5.54. The zero-order chi connectivity index (χ0) is 18.5. The fourth-order valence-corrected chi connectivity index (χ4v) is 2.63. The molecule has 3 aromatic carbocycles. The molecule has 132 valence electrons. The van der Waals surface area contributed by atoms with E-state index in [1.165, 1.54) is 5.39 Å². The number of fused-ring (bicyclic) bond motifs is 1. The van der Waals surface area contributed by atoms with Gasteiger partial charge in [0.2, 0.25) is 0 Å². The van der Waals surface area contributed by atoms with Gasteiger partial charge in [0.25, 0.3) is 5.91 Å². The molecule has 0 bridgehead atoms. The predicted octanol–water partition coefficient (Wildman–Crippen LogP) is 4.72. The summed E-state index contributed by atoms with van der Waals surface area (Å²) < 4.78 is 5.46. The zero-order valence-corrected chi connectivity index (χ0v) is 15.4. The second-order valence-electron chi connectivity index (χ2n) is 5.99. The number of rotatable bonds is 5. The molecule has 0 saturated heterocycles. The van der Waals surface area contributed by atoms with Crippen LogP contribution in [0.2, 0.25) is 5.02 Å². The van der Waals surface area contributed by atoms with Gasteiger partial charge >= 0.3 is 0 Å². The van der Waals surface area contributed by atoms with Crippen molar-refractivity contribution in [2.75, 3.05) is 6.61 Å². The number of nitrogens with one attached hydrogen (secondary N) is 1. The average Bonchev–Trinajstić information content (AvgIpc) is 2.66. The lowest BCUT2D eigenvalue weighted by Crippen LogP contribution is -2.25. The molecule has 0 radical (unpaired) electrons. The van der Waals surface area contributed by atoms with Crippen molar-refractivity contribution in [3.8, 4) is 5.75 Å². The quantitative estimate of drug-likeness (QED) is 0.524. The van der Waals surface area contributed by atoms with E-state index in [-0.39, 0.29) is 12.5 Å². The van der Waals surface area contributed by atoms with Crippen LogP contribution >= 0.6 is 11.6 Å². The number of carbonyl (C=O) groups excluding carboxylic acids is 1. The minimum atomic E-state index is -0.322. The van der Waals surface area contributed by atoms with Gasteiger partial charge in [0.15, 0.2) is 6.61 Å². The summed E-state index contributed by atoms with van der Waals surface area (Å²) in [6, 6.07) is 19.4. The molecule has 0 fully saturated rings. The maximum absolute atomic E-state index is 11.9. The largest absolute Gasteiger partial charge is 0.484 e. The van der Waals surface area contributed by atoms with Crippen LogP contribution in [0.15, 0.2) is 65.8 Å². The molecule has 3 aromatic rings. The van der Waals surface area contributed by atoms with Gasteiger partial charge in [-0.3, -0.25) is 4.79 Å². The molecule has 1 amide bonds. The van der Waals surface area contributed by atoms with Crippen LogP contribution in [0.5, 0.6) is 5.75 Å². The number of hydrogen-bond acceptors (Lipinski definition) is 3. The summed E-state index contributed by atoms with van der Waals surface area (Å²) >= 11 is 5.97. The van der Waals surface area contributed by atoms with E-state index in [4.69, 9.17) is 16.3 Å². The number of benzene rings is 3. The fraction of sp³-hybridized carbons (Fsp3) is 0.143. The second kappa shape index (κ2) is 8.02. The van der Waals surface area contributed by atoms with Crippen LogP contribution in [0, 0.1) is 6.92 Å². The van der Waals surface area contributed by atoms with E-state index in [9.17, 15) is 4.79 Å². The Bertz CT molecular complexity index is 983. The molecule has 0 aromatic heterocycles. The lowest BCUT2D eigenvalue weighted by Gasteiger charge is -2.07. The maximum Gasteiger partial charge on any atom is 0.277 e. The Balaban J connectivity index is 1.60.